The molecule has 0 spiro atoms. The first-order chi connectivity index (χ1) is 11.3. The lowest BCUT2D eigenvalue weighted by Crippen LogP contribution is -2.33. The number of alkyl halides is 3. The smallest absolute Gasteiger partial charge is 0.388 e. The monoisotopic (exact) mass is 342 g/mol. The van der Waals surface area contributed by atoms with Crippen LogP contribution in [0.1, 0.15) is 31.2 Å². The van der Waals surface area contributed by atoms with Crippen molar-refractivity contribution in [3.05, 3.63) is 34.3 Å². The first kappa shape index (κ1) is 16.6. The maximum absolute atomic E-state index is 13.2. The van der Waals surface area contributed by atoms with E-state index in [9.17, 15) is 18.0 Å². The third kappa shape index (κ3) is 3.61. The van der Waals surface area contributed by atoms with Gasteiger partial charge in [-0.3, -0.25) is 0 Å². The summed E-state index contributed by atoms with van der Waals surface area (Å²) in [6.45, 7) is 0. The summed E-state index contributed by atoms with van der Waals surface area (Å²) in [7, 11) is 0. The third-order valence-corrected chi connectivity index (χ3v) is 4.14. The predicted molar refractivity (Wildman–Crippen MR) is 81.4 cm³/mol. The maximum atomic E-state index is 13.2. The Kier molecular flexibility index (Phi) is 4.35. The second kappa shape index (κ2) is 6.31. The van der Waals surface area contributed by atoms with Crippen molar-refractivity contribution >= 4 is 5.69 Å². The second-order valence-corrected chi connectivity index (χ2v) is 5.93. The van der Waals surface area contributed by atoms with Crippen molar-refractivity contribution in [2.24, 2.45) is 5.73 Å². The predicted octanol–water partition coefficient (Wildman–Crippen LogP) is 2.73. The van der Waals surface area contributed by atoms with Crippen molar-refractivity contribution in [2.45, 2.75) is 43.9 Å². The molecule has 0 aliphatic heterocycles. The minimum atomic E-state index is -4.49. The van der Waals surface area contributed by atoms with Crippen LogP contribution in [0.25, 0.3) is 11.5 Å². The second-order valence-electron chi connectivity index (χ2n) is 5.93. The molecule has 0 unspecified atom stereocenters. The van der Waals surface area contributed by atoms with Crippen LogP contribution in [0.3, 0.4) is 0 Å². The Balaban J connectivity index is 1.92. The van der Waals surface area contributed by atoms with Gasteiger partial charge in [0, 0.05) is 23.3 Å². The first-order valence-electron chi connectivity index (χ1n) is 7.62. The minimum Gasteiger partial charge on any atom is -0.388 e. The lowest BCUT2D eigenvalue weighted by Gasteiger charge is -2.28. The number of aromatic amines is 1. The molecule has 9 heteroatoms. The molecule has 0 bridgehead atoms. The SMILES string of the molecule is N[C@H]1CC[C@H](Nc2cc(-c3n[nH]c(=O)o3)ccc2C(F)(F)F)CC1. The van der Waals surface area contributed by atoms with E-state index in [-0.39, 0.29) is 29.2 Å². The molecule has 1 aliphatic rings. The minimum absolute atomic E-state index is 0.0499. The maximum Gasteiger partial charge on any atom is 0.434 e. The van der Waals surface area contributed by atoms with Gasteiger partial charge in [-0.2, -0.15) is 13.2 Å². The number of hydrogen-bond donors (Lipinski definition) is 3. The van der Waals surface area contributed by atoms with Crippen LogP contribution >= 0.6 is 0 Å². The van der Waals surface area contributed by atoms with Crippen molar-refractivity contribution < 1.29 is 17.6 Å². The number of nitrogens with one attached hydrogen (secondary N) is 2. The Hall–Kier alpha value is -2.29. The number of benzene rings is 1. The van der Waals surface area contributed by atoms with Crippen LogP contribution < -0.4 is 16.8 Å². The molecule has 1 aromatic heterocycles. The van der Waals surface area contributed by atoms with Crippen molar-refractivity contribution in [1.29, 1.82) is 0 Å². The zero-order valence-corrected chi connectivity index (χ0v) is 12.7. The van der Waals surface area contributed by atoms with Crippen LogP contribution in [-0.2, 0) is 6.18 Å². The summed E-state index contributed by atoms with van der Waals surface area (Å²) >= 11 is 0. The fraction of sp³-hybridized carbons (Fsp3) is 0.467. The number of nitrogens with two attached hydrogens (primary N) is 1. The van der Waals surface area contributed by atoms with E-state index < -0.39 is 17.5 Å². The standard InChI is InChI=1S/C15H17F3N4O2/c16-15(17,18)11-6-1-8(13-21-22-14(23)24-13)7-12(11)20-10-4-2-9(19)3-5-10/h1,6-7,9-10,20H,2-5,19H2,(H,22,23)/t9-,10-. The van der Waals surface area contributed by atoms with Gasteiger partial charge in [-0.05, 0) is 43.9 Å². The highest BCUT2D eigenvalue weighted by Crippen LogP contribution is 2.38. The van der Waals surface area contributed by atoms with Crippen LogP contribution in [0.2, 0.25) is 0 Å². The summed E-state index contributed by atoms with van der Waals surface area (Å²) in [6, 6.07) is 3.52. The molecule has 2 aromatic rings. The quantitative estimate of drug-likeness (QED) is 0.797. The molecule has 4 N–H and O–H groups in total. The Labute approximate surface area is 135 Å². The molecule has 1 aliphatic carbocycles. The number of rotatable bonds is 3. The van der Waals surface area contributed by atoms with Crippen molar-refractivity contribution in [2.75, 3.05) is 5.32 Å². The number of halogens is 3. The Morgan fingerprint density at radius 2 is 1.96 bits per heavy atom. The average molecular weight is 342 g/mol. The third-order valence-electron chi connectivity index (χ3n) is 4.14. The largest absolute Gasteiger partial charge is 0.434 e. The van der Waals surface area contributed by atoms with Gasteiger partial charge in [0.1, 0.15) is 0 Å². The molecule has 1 saturated carbocycles. The number of aromatic nitrogens is 2. The lowest BCUT2D eigenvalue weighted by molar-refractivity contribution is -0.137. The van der Waals surface area contributed by atoms with Gasteiger partial charge in [-0.15, -0.1) is 5.10 Å². The fourth-order valence-electron chi connectivity index (χ4n) is 2.88. The summed E-state index contributed by atoms with van der Waals surface area (Å²) in [5, 5.41) is 8.70. The van der Waals surface area contributed by atoms with E-state index in [1.807, 2.05) is 0 Å². The van der Waals surface area contributed by atoms with Crippen LogP contribution in [0.15, 0.2) is 27.4 Å². The highest BCUT2D eigenvalue weighted by atomic mass is 19.4. The number of nitrogens with zero attached hydrogens (tertiary/aromatic N) is 1. The average Bonchev–Trinajstić information content (AvgIpc) is 2.95. The zero-order valence-electron chi connectivity index (χ0n) is 12.7. The van der Waals surface area contributed by atoms with E-state index >= 15 is 0 Å². The molecule has 6 nitrogen and oxygen atoms in total. The molecule has 1 aromatic carbocycles. The Morgan fingerprint density at radius 1 is 1.25 bits per heavy atom. The van der Waals surface area contributed by atoms with E-state index in [4.69, 9.17) is 10.2 Å². The van der Waals surface area contributed by atoms with Crippen LogP contribution in [0.4, 0.5) is 18.9 Å². The molecule has 0 atom stereocenters. The molecule has 0 amide bonds. The van der Waals surface area contributed by atoms with Crippen molar-refractivity contribution in [3.63, 3.8) is 0 Å². The summed E-state index contributed by atoms with van der Waals surface area (Å²) in [5.74, 6) is -0.817. The van der Waals surface area contributed by atoms with Crippen molar-refractivity contribution in [1.82, 2.24) is 10.2 Å². The first-order valence-corrected chi connectivity index (χ1v) is 7.62. The van der Waals surface area contributed by atoms with E-state index in [1.54, 1.807) is 0 Å². The molecular formula is C15H17F3N4O2. The van der Waals surface area contributed by atoms with Gasteiger partial charge in [0.15, 0.2) is 0 Å². The van der Waals surface area contributed by atoms with E-state index in [0.717, 1.165) is 18.9 Å². The summed E-state index contributed by atoms with van der Waals surface area (Å²) in [5.41, 5.74) is 5.30. The molecule has 0 saturated heterocycles. The molecule has 1 heterocycles. The van der Waals surface area contributed by atoms with E-state index in [1.165, 1.54) is 12.1 Å². The van der Waals surface area contributed by atoms with E-state index in [0.29, 0.717) is 12.8 Å². The number of anilines is 1. The van der Waals surface area contributed by atoms with Gasteiger partial charge < -0.3 is 15.5 Å². The zero-order chi connectivity index (χ0) is 17.3. The molecule has 1 fully saturated rings. The molecule has 3 rings (SSSR count). The van der Waals surface area contributed by atoms with Gasteiger partial charge >= 0.3 is 11.9 Å². The van der Waals surface area contributed by atoms with Crippen LogP contribution in [0.5, 0.6) is 0 Å². The van der Waals surface area contributed by atoms with Crippen LogP contribution in [0, 0.1) is 0 Å². The van der Waals surface area contributed by atoms with Crippen LogP contribution in [-0.4, -0.2) is 22.3 Å². The number of hydrogen-bond acceptors (Lipinski definition) is 5. The Bertz CT molecular complexity index is 761. The molecule has 24 heavy (non-hydrogen) atoms. The molecular weight excluding hydrogens is 325 g/mol. The molecule has 130 valence electrons. The summed E-state index contributed by atoms with van der Waals surface area (Å²) < 4.78 is 44.5. The highest BCUT2D eigenvalue weighted by molar-refractivity contribution is 5.65. The summed E-state index contributed by atoms with van der Waals surface area (Å²) in [4.78, 5) is 11.0. The van der Waals surface area contributed by atoms with Gasteiger partial charge in [-0.25, -0.2) is 9.89 Å². The summed E-state index contributed by atoms with van der Waals surface area (Å²) in [6.07, 6.45) is -1.53. The van der Waals surface area contributed by atoms with Gasteiger partial charge in [0.05, 0.1) is 5.56 Å². The Morgan fingerprint density at radius 3 is 2.54 bits per heavy atom. The fourth-order valence-corrected chi connectivity index (χ4v) is 2.88. The highest BCUT2D eigenvalue weighted by Gasteiger charge is 2.34. The van der Waals surface area contributed by atoms with E-state index in [2.05, 4.69) is 15.5 Å². The van der Waals surface area contributed by atoms with Crippen molar-refractivity contribution in [3.8, 4) is 11.5 Å². The van der Waals surface area contributed by atoms with Gasteiger partial charge in [-0.1, -0.05) is 0 Å². The number of H-pyrrole nitrogens is 1. The van der Waals surface area contributed by atoms with Gasteiger partial charge in [0.2, 0.25) is 5.89 Å². The normalized spacial score (nSPS) is 21.7. The topological polar surface area (TPSA) is 96.9 Å². The lowest BCUT2D eigenvalue weighted by atomic mass is 9.91. The van der Waals surface area contributed by atoms with Gasteiger partial charge in [0.25, 0.3) is 0 Å². The molecule has 0 radical (unpaired) electrons.